The summed E-state index contributed by atoms with van der Waals surface area (Å²) in [6, 6.07) is 14.3. The van der Waals surface area contributed by atoms with Crippen LogP contribution in [-0.4, -0.2) is 17.8 Å². The van der Waals surface area contributed by atoms with Gasteiger partial charge in [-0.1, -0.05) is 42.5 Å². The zero-order valence-electron chi connectivity index (χ0n) is 12.0. The minimum absolute atomic E-state index is 0.0264. The molecule has 0 aliphatic rings. The average molecular weight is 299 g/mol. The maximum Gasteiger partial charge on any atom is 0.195 e. The number of thioether (sulfide) groups is 1. The van der Waals surface area contributed by atoms with Crippen LogP contribution in [0.15, 0.2) is 48.5 Å². The molecule has 21 heavy (non-hydrogen) atoms. The van der Waals surface area contributed by atoms with E-state index in [0.29, 0.717) is 22.4 Å². The zero-order valence-corrected chi connectivity index (χ0v) is 12.8. The molecule has 0 aliphatic heterocycles. The van der Waals surface area contributed by atoms with Crippen LogP contribution in [0.4, 0.5) is 5.69 Å². The van der Waals surface area contributed by atoms with Crippen molar-refractivity contribution in [2.75, 3.05) is 12.0 Å². The van der Waals surface area contributed by atoms with E-state index in [4.69, 9.17) is 5.73 Å². The van der Waals surface area contributed by atoms with Crippen LogP contribution in [-0.2, 0) is 4.79 Å². The van der Waals surface area contributed by atoms with E-state index in [2.05, 4.69) is 0 Å². The van der Waals surface area contributed by atoms with E-state index in [1.807, 2.05) is 24.5 Å². The summed E-state index contributed by atoms with van der Waals surface area (Å²) in [7, 11) is 0. The number of hydrogen-bond donors (Lipinski definition) is 1. The maximum atomic E-state index is 12.5. The fourth-order valence-electron chi connectivity index (χ4n) is 2.27. The van der Waals surface area contributed by atoms with Gasteiger partial charge in [0, 0.05) is 16.8 Å². The molecule has 2 rings (SSSR count). The van der Waals surface area contributed by atoms with E-state index < -0.39 is 0 Å². The number of carbonyl (C=O) groups excluding carboxylic acids is 2. The molecule has 0 bridgehead atoms. The molecule has 2 N–H and O–H groups in total. The molecule has 108 valence electrons. The van der Waals surface area contributed by atoms with Crippen LogP contribution in [0.3, 0.4) is 0 Å². The molecule has 1 unspecified atom stereocenters. The maximum absolute atomic E-state index is 12.5. The second-order valence-corrected chi connectivity index (χ2v) is 5.67. The molecule has 2 aromatic carbocycles. The molecular weight excluding hydrogens is 282 g/mol. The van der Waals surface area contributed by atoms with Crippen molar-refractivity contribution in [3.05, 3.63) is 65.2 Å². The van der Waals surface area contributed by atoms with Crippen LogP contribution in [0.25, 0.3) is 0 Å². The Labute approximate surface area is 128 Å². The van der Waals surface area contributed by atoms with Gasteiger partial charge in [-0.05, 0) is 24.8 Å². The lowest BCUT2D eigenvalue weighted by Gasteiger charge is -2.16. The Balaban J connectivity index is 2.47. The molecule has 0 fully saturated rings. The first-order valence-corrected chi connectivity index (χ1v) is 7.86. The van der Waals surface area contributed by atoms with E-state index in [1.165, 1.54) is 18.7 Å². The normalized spacial score (nSPS) is 11.9. The smallest absolute Gasteiger partial charge is 0.195 e. The second-order valence-electron chi connectivity index (χ2n) is 4.73. The van der Waals surface area contributed by atoms with Gasteiger partial charge in [0.1, 0.15) is 5.78 Å². The van der Waals surface area contributed by atoms with Gasteiger partial charge in [-0.15, -0.1) is 11.8 Å². The molecular formula is C17H17NO2S. The van der Waals surface area contributed by atoms with E-state index in [-0.39, 0.29) is 16.8 Å². The Morgan fingerprint density at radius 2 is 1.71 bits per heavy atom. The summed E-state index contributed by atoms with van der Waals surface area (Å²) in [5.41, 5.74) is 8.28. The largest absolute Gasteiger partial charge is 0.398 e. The van der Waals surface area contributed by atoms with Crippen molar-refractivity contribution >= 4 is 29.0 Å². The average Bonchev–Trinajstić information content (AvgIpc) is 2.49. The number of benzene rings is 2. The molecule has 1 atom stereocenters. The number of Topliss-reactive ketones (excluding diaryl/α,β-unsaturated/α-hetero) is 1. The molecule has 0 saturated carbocycles. The lowest BCUT2D eigenvalue weighted by molar-refractivity contribution is -0.116. The van der Waals surface area contributed by atoms with Gasteiger partial charge in [0.15, 0.2) is 5.78 Å². The van der Waals surface area contributed by atoms with Gasteiger partial charge in [0.05, 0.1) is 5.25 Å². The summed E-state index contributed by atoms with van der Waals surface area (Å²) in [5, 5.41) is -0.339. The molecule has 3 nitrogen and oxygen atoms in total. The highest BCUT2D eigenvalue weighted by molar-refractivity contribution is 7.99. The minimum Gasteiger partial charge on any atom is -0.398 e. The predicted octanol–water partition coefficient (Wildman–Crippen LogP) is 3.49. The Bertz CT molecular complexity index is 668. The quantitative estimate of drug-likeness (QED) is 0.678. The molecule has 0 radical (unpaired) electrons. The highest BCUT2D eigenvalue weighted by Gasteiger charge is 2.21. The molecule has 0 amide bonds. The number of nitrogen functional groups attached to an aromatic ring is 1. The molecule has 0 heterocycles. The third-order valence-corrected chi connectivity index (χ3v) is 4.37. The van der Waals surface area contributed by atoms with Gasteiger partial charge in [-0.25, -0.2) is 0 Å². The number of carbonyl (C=O) groups is 2. The van der Waals surface area contributed by atoms with E-state index in [0.717, 1.165) is 0 Å². The van der Waals surface area contributed by atoms with Crippen LogP contribution in [0.2, 0.25) is 0 Å². The van der Waals surface area contributed by atoms with Crippen LogP contribution >= 0.6 is 11.8 Å². The van der Waals surface area contributed by atoms with Crippen molar-refractivity contribution in [1.29, 1.82) is 0 Å². The van der Waals surface area contributed by atoms with E-state index in [1.54, 1.807) is 30.3 Å². The van der Waals surface area contributed by atoms with Crippen molar-refractivity contribution < 1.29 is 9.59 Å². The van der Waals surface area contributed by atoms with Gasteiger partial charge in [0.2, 0.25) is 0 Å². The molecule has 4 heteroatoms. The lowest BCUT2D eigenvalue weighted by Crippen LogP contribution is -2.12. The molecule has 0 spiro atoms. The summed E-state index contributed by atoms with van der Waals surface area (Å²) in [4.78, 5) is 24.2. The molecule has 0 saturated heterocycles. The first-order valence-electron chi connectivity index (χ1n) is 6.57. The number of para-hydroxylation sites is 1. The number of nitrogens with two attached hydrogens (primary N) is 1. The van der Waals surface area contributed by atoms with Crippen LogP contribution in [0, 0.1) is 0 Å². The van der Waals surface area contributed by atoms with E-state index >= 15 is 0 Å². The minimum atomic E-state index is -0.339. The van der Waals surface area contributed by atoms with Gasteiger partial charge >= 0.3 is 0 Å². The van der Waals surface area contributed by atoms with Gasteiger partial charge in [-0.2, -0.15) is 0 Å². The number of hydrogen-bond acceptors (Lipinski definition) is 4. The third kappa shape index (κ3) is 3.16. The summed E-state index contributed by atoms with van der Waals surface area (Å²) < 4.78 is 0. The topological polar surface area (TPSA) is 60.2 Å². The third-order valence-electron chi connectivity index (χ3n) is 3.31. The summed E-state index contributed by atoms with van der Waals surface area (Å²) in [6.07, 6.45) is 1.86. The van der Waals surface area contributed by atoms with Gasteiger partial charge in [0.25, 0.3) is 0 Å². The van der Waals surface area contributed by atoms with Crippen molar-refractivity contribution in [2.45, 2.75) is 12.2 Å². The Morgan fingerprint density at radius 3 is 2.29 bits per heavy atom. The fourth-order valence-corrected chi connectivity index (χ4v) is 3.06. The van der Waals surface area contributed by atoms with Crippen molar-refractivity contribution in [3.63, 3.8) is 0 Å². The standard InChI is InChI=1S/C17H17NO2S/c1-11(19)17(21-2)14-10-6-9-13(15(14)18)16(20)12-7-4-3-5-8-12/h3-10,17H,18H2,1-2H3. The second kappa shape index (κ2) is 6.59. The van der Waals surface area contributed by atoms with Crippen molar-refractivity contribution in [1.82, 2.24) is 0 Å². The van der Waals surface area contributed by atoms with Crippen molar-refractivity contribution in [3.8, 4) is 0 Å². The molecule has 0 aromatic heterocycles. The summed E-state index contributed by atoms with van der Waals surface area (Å²) >= 11 is 1.42. The highest BCUT2D eigenvalue weighted by Crippen LogP contribution is 2.34. The number of anilines is 1. The van der Waals surface area contributed by atoms with Crippen LogP contribution in [0.5, 0.6) is 0 Å². The van der Waals surface area contributed by atoms with Gasteiger partial charge < -0.3 is 5.73 Å². The first kappa shape index (κ1) is 15.3. The Morgan fingerprint density at radius 1 is 1.05 bits per heavy atom. The van der Waals surface area contributed by atoms with Gasteiger partial charge in [-0.3, -0.25) is 9.59 Å². The van der Waals surface area contributed by atoms with Crippen LogP contribution in [0.1, 0.15) is 33.7 Å². The zero-order chi connectivity index (χ0) is 15.4. The fraction of sp³-hybridized carbons (Fsp3) is 0.176. The Kier molecular flexibility index (Phi) is 4.81. The highest BCUT2D eigenvalue weighted by atomic mass is 32.2. The van der Waals surface area contributed by atoms with E-state index in [9.17, 15) is 9.59 Å². The Hall–Kier alpha value is -2.07. The monoisotopic (exact) mass is 299 g/mol. The summed E-state index contributed by atoms with van der Waals surface area (Å²) in [6.45, 7) is 1.53. The number of ketones is 2. The lowest BCUT2D eigenvalue weighted by atomic mass is 9.97. The predicted molar refractivity (Wildman–Crippen MR) is 87.7 cm³/mol. The molecule has 2 aromatic rings. The summed E-state index contributed by atoms with van der Waals surface area (Å²) in [5.74, 6) is -0.100. The van der Waals surface area contributed by atoms with Crippen molar-refractivity contribution in [2.24, 2.45) is 0 Å². The first-order chi connectivity index (χ1) is 10.1. The number of rotatable bonds is 5. The molecule has 0 aliphatic carbocycles. The SMILES string of the molecule is CSC(C(C)=O)c1cccc(C(=O)c2ccccc2)c1N. The van der Waals surface area contributed by atoms with Crippen LogP contribution < -0.4 is 5.73 Å².